The Morgan fingerprint density at radius 3 is 2.68 bits per heavy atom. The van der Waals surface area contributed by atoms with E-state index in [4.69, 9.17) is 23.2 Å². The van der Waals surface area contributed by atoms with Gasteiger partial charge in [0.05, 0.1) is 10.0 Å². The number of hydrogen-bond donors (Lipinski definition) is 2. The van der Waals surface area contributed by atoms with Crippen LogP contribution in [0.15, 0.2) is 36.4 Å². The van der Waals surface area contributed by atoms with Crippen LogP contribution in [0.2, 0.25) is 10.0 Å². The first-order valence-corrected chi connectivity index (χ1v) is 7.68. The van der Waals surface area contributed by atoms with Crippen molar-refractivity contribution in [3.63, 3.8) is 0 Å². The van der Waals surface area contributed by atoms with Crippen LogP contribution in [-0.4, -0.2) is 17.6 Å². The number of carbonyl (C=O) groups is 1. The van der Waals surface area contributed by atoms with Gasteiger partial charge >= 0.3 is 6.03 Å². The predicted molar refractivity (Wildman–Crippen MR) is 89.4 cm³/mol. The van der Waals surface area contributed by atoms with Crippen LogP contribution in [0.3, 0.4) is 0 Å². The molecule has 22 heavy (non-hydrogen) atoms. The topological polar surface area (TPSA) is 54.0 Å². The lowest BCUT2D eigenvalue weighted by atomic mass is 10.2. The van der Waals surface area contributed by atoms with Gasteiger partial charge in [0, 0.05) is 30.9 Å². The lowest BCUT2D eigenvalue weighted by Gasteiger charge is -2.08. The maximum atomic E-state index is 11.7. The minimum Gasteiger partial charge on any atom is -0.338 e. The molecule has 4 nitrogen and oxygen atoms in total. The van der Waals surface area contributed by atoms with Crippen molar-refractivity contribution in [2.75, 3.05) is 6.54 Å². The number of nitrogens with zero attached hydrogens (tertiary/aromatic N) is 1. The predicted octanol–water partition coefficient (Wildman–Crippen LogP) is 3.74. The molecule has 2 amide bonds. The fourth-order valence-electron chi connectivity index (χ4n) is 1.94. The number of pyridine rings is 1. The van der Waals surface area contributed by atoms with Gasteiger partial charge in [-0.2, -0.15) is 0 Å². The number of hydrogen-bond acceptors (Lipinski definition) is 2. The summed E-state index contributed by atoms with van der Waals surface area (Å²) in [5.74, 6) is 0. The highest BCUT2D eigenvalue weighted by Gasteiger charge is 2.03. The van der Waals surface area contributed by atoms with Crippen LogP contribution in [0.25, 0.3) is 0 Å². The minimum atomic E-state index is -0.223. The molecule has 0 unspecified atom stereocenters. The second-order valence-corrected chi connectivity index (χ2v) is 5.69. The molecule has 0 aliphatic carbocycles. The number of benzene rings is 1. The summed E-state index contributed by atoms with van der Waals surface area (Å²) in [7, 11) is 0. The quantitative estimate of drug-likeness (QED) is 0.873. The normalized spacial score (nSPS) is 10.3. The summed E-state index contributed by atoms with van der Waals surface area (Å²) in [5, 5.41) is 6.55. The van der Waals surface area contributed by atoms with Gasteiger partial charge in [0.25, 0.3) is 0 Å². The fourth-order valence-corrected chi connectivity index (χ4v) is 2.26. The molecule has 0 aliphatic heterocycles. The van der Waals surface area contributed by atoms with Crippen molar-refractivity contribution < 1.29 is 4.79 Å². The first kappa shape index (κ1) is 16.6. The van der Waals surface area contributed by atoms with E-state index in [9.17, 15) is 4.79 Å². The van der Waals surface area contributed by atoms with Gasteiger partial charge in [-0.15, -0.1) is 0 Å². The Balaban J connectivity index is 1.72. The largest absolute Gasteiger partial charge is 0.338 e. The van der Waals surface area contributed by atoms with Crippen LogP contribution in [-0.2, 0) is 13.0 Å². The number of aromatic nitrogens is 1. The number of urea groups is 1. The van der Waals surface area contributed by atoms with Crippen LogP contribution >= 0.6 is 23.2 Å². The van der Waals surface area contributed by atoms with Gasteiger partial charge < -0.3 is 10.6 Å². The fraction of sp³-hybridized carbons (Fsp3) is 0.250. The highest BCUT2D eigenvalue weighted by molar-refractivity contribution is 6.42. The summed E-state index contributed by atoms with van der Waals surface area (Å²) in [6.07, 6.45) is 0.696. The molecule has 6 heteroatoms. The molecule has 2 aromatic rings. The molecule has 0 aliphatic rings. The maximum Gasteiger partial charge on any atom is 0.315 e. The van der Waals surface area contributed by atoms with Crippen molar-refractivity contribution in [3.8, 4) is 0 Å². The molecule has 1 aromatic carbocycles. The van der Waals surface area contributed by atoms with Crippen LogP contribution in [0.1, 0.15) is 17.0 Å². The molecule has 0 bridgehead atoms. The first-order chi connectivity index (χ1) is 10.5. The van der Waals surface area contributed by atoms with Crippen LogP contribution < -0.4 is 10.6 Å². The summed E-state index contributed by atoms with van der Waals surface area (Å²) in [6.45, 7) is 2.87. The summed E-state index contributed by atoms with van der Waals surface area (Å²) >= 11 is 11.8. The van der Waals surface area contributed by atoms with Crippen LogP contribution in [0.5, 0.6) is 0 Å². The van der Waals surface area contributed by atoms with E-state index in [1.807, 2.05) is 31.2 Å². The van der Waals surface area contributed by atoms with E-state index in [0.29, 0.717) is 29.6 Å². The SMILES string of the molecule is Cc1cccc(CCNC(=O)NCc2ccc(Cl)c(Cl)c2)n1. The molecule has 0 radical (unpaired) electrons. The second-order valence-electron chi connectivity index (χ2n) is 4.88. The lowest BCUT2D eigenvalue weighted by Crippen LogP contribution is -2.36. The third-order valence-corrected chi connectivity index (χ3v) is 3.79. The molecule has 0 atom stereocenters. The minimum absolute atomic E-state index is 0.223. The van der Waals surface area contributed by atoms with Crippen LogP contribution in [0.4, 0.5) is 4.79 Å². The number of aryl methyl sites for hydroxylation is 1. The Morgan fingerprint density at radius 1 is 1.14 bits per heavy atom. The standard InChI is InChI=1S/C16H17Cl2N3O/c1-11-3-2-4-13(21-11)7-8-19-16(22)20-10-12-5-6-14(17)15(18)9-12/h2-6,9H,7-8,10H2,1H3,(H2,19,20,22). The summed E-state index contributed by atoms with van der Waals surface area (Å²) in [6, 6.07) is 10.9. The van der Waals surface area contributed by atoms with Gasteiger partial charge in [0.1, 0.15) is 0 Å². The van der Waals surface area contributed by atoms with Crippen molar-refractivity contribution in [2.45, 2.75) is 19.9 Å². The smallest absolute Gasteiger partial charge is 0.315 e. The Labute approximate surface area is 139 Å². The Hall–Kier alpha value is -1.78. The number of amides is 2. The Kier molecular flexibility index (Phi) is 6.04. The zero-order valence-electron chi connectivity index (χ0n) is 12.2. The third-order valence-electron chi connectivity index (χ3n) is 3.05. The number of carbonyl (C=O) groups excluding carboxylic acids is 1. The summed E-state index contributed by atoms with van der Waals surface area (Å²) in [5.41, 5.74) is 2.83. The molecule has 1 aromatic heterocycles. The van der Waals surface area contributed by atoms with Gasteiger partial charge in [0.2, 0.25) is 0 Å². The Morgan fingerprint density at radius 2 is 1.95 bits per heavy atom. The maximum absolute atomic E-state index is 11.7. The molecule has 0 fully saturated rings. The number of nitrogens with one attached hydrogen (secondary N) is 2. The van der Waals surface area contributed by atoms with Crippen molar-refractivity contribution in [1.82, 2.24) is 15.6 Å². The van der Waals surface area contributed by atoms with Crippen molar-refractivity contribution >= 4 is 29.2 Å². The highest BCUT2D eigenvalue weighted by Crippen LogP contribution is 2.22. The number of halogens is 2. The average Bonchev–Trinajstić information content (AvgIpc) is 2.48. The van der Waals surface area contributed by atoms with E-state index in [1.54, 1.807) is 12.1 Å². The van der Waals surface area contributed by atoms with Crippen molar-refractivity contribution in [2.24, 2.45) is 0 Å². The van der Waals surface area contributed by atoms with E-state index in [0.717, 1.165) is 17.0 Å². The van der Waals surface area contributed by atoms with Gasteiger partial charge in [-0.05, 0) is 36.8 Å². The van der Waals surface area contributed by atoms with Gasteiger partial charge in [-0.1, -0.05) is 35.3 Å². The molecule has 116 valence electrons. The average molecular weight is 338 g/mol. The second kappa shape index (κ2) is 8.01. The molecule has 2 N–H and O–H groups in total. The van der Waals surface area contributed by atoms with E-state index in [2.05, 4.69) is 15.6 Å². The van der Waals surface area contributed by atoms with Gasteiger partial charge in [-0.25, -0.2) is 4.79 Å². The third kappa shape index (κ3) is 5.20. The van der Waals surface area contributed by atoms with Crippen molar-refractivity contribution in [3.05, 3.63) is 63.4 Å². The molecule has 1 heterocycles. The van der Waals surface area contributed by atoms with Gasteiger partial charge in [0.15, 0.2) is 0 Å². The molecule has 0 saturated heterocycles. The van der Waals surface area contributed by atoms with Gasteiger partial charge in [-0.3, -0.25) is 4.98 Å². The molecular formula is C16H17Cl2N3O. The first-order valence-electron chi connectivity index (χ1n) is 6.93. The lowest BCUT2D eigenvalue weighted by molar-refractivity contribution is 0.240. The highest BCUT2D eigenvalue weighted by atomic mass is 35.5. The van der Waals surface area contributed by atoms with E-state index in [1.165, 1.54) is 0 Å². The zero-order valence-corrected chi connectivity index (χ0v) is 13.7. The molecule has 0 spiro atoms. The summed E-state index contributed by atoms with van der Waals surface area (Å²) < 4.78 is 0. The molecular weight excluding hydrogens is 321 g/mol. The monoisotopic (exact) mass is 337 g/mol. The Bertz CT molecular complexity index is 662. The van der Waals surface area contributed by atoms with E-state index >= 15 is 0 Å². The molecule has 2 rings (SSSR count). The number of rotatable bonds is 5. The molecule has 0 saturated carbocycles. The van der Waals surface area contributed by atoms with Crippen molar-refractivity contribution in [1.29, 1.82) is 0 Å². The van der Waals surface area contributed by atoms with E-state index < -0.39 is 0 Å². The van der Waals surface area contributed by atoms with Crippen LogP contribution in [0, 0.1) is 6.92 Å². The zero-order chi connectivity index (χ0) is 15.9. The van der Waals surface area contributed by atoms with E-state index in [-0.39, 0.29) is 6.03 Å². The summed E-state index contributed by atoms with van der Waals surface area (Å²) in [4.78, 5) is 16.1.